The van der Waals surface area contributed by atoms with E-state index in [0.29, 0.717) is 0 Å². The predicted molar refractivity (Wildman–Crippen MR) is 48.2 cm³/mol. The van der Waals surface area contributed by atoms with E-state index < -0.39 is 0 Å². The fourth-order valence-electron chi connectivity index (χ4n) is 1.15. The van der Waals surface area contributed by atoms with Gasteiger partial charge in [0.2, 0.25) is 0 Å². The summed E-state index contributed by atoms with van der Waals surface area (Å²) in [7, 11) is 0. The number of aromatic nitrogens is 1. The van der Waals surface area contributed by atoms with E-state index in [4.69, 9.17) is 4.42 Å². The Balaban J connectivity index is 1.62. The Hall–Kier alpha value is -0.480. The molecule has 0 bridgehead atoms. The summed E-state index contributed by atoms with van der Waals surface area (Å²) in [6.07, 6.45) is 4.57. The van der Waals surface area contributed by atoms with Gasteiger partial charge in [0.25, 0.3) is 5.22 Å². The lowest BCUT2D eigenvalue weighted by Gasteiger charge is -2.26. The average Bonchev–Trinajstić information content (AvgIpc) is 2.46. The molecule has 2 heterocycles. The van der Waals surface area contributed by atoms with Crippen molar-refractivity contribution in [1.82, 2.24) is 10.3 Å². The zero-order chi connectivity index (χ0) is 8.23. The largest absolute Gasteiger partial charge is 0.440 e. The summed E-state index contributed by atoms with van der Waals surface area (Å²) in [5.41, 5.74) is 0. The monoisotopic (exact) mass is 184 g/mol. The Morgan fingerprint density at radius 2 is 2.58 bits per heavy atom. The van der Waals surface area contributed by atoms with E-state index >= 15 is 0 Å². The molecule has 0 aromatic carbocycles. The third-order valence-corrected chi connectivity index (χ3v) is 2.92. The molecule has 4 heteroatoms. The first-order valence-corrected chi connectivity index (χ1v) is 5.17. The SMILES string of the molecule is c1coc(SCCC2CNC2)n1. The molecule has 0 unspecified atom stereocenters. The number of thioether (sulfide) groups is 1. The Morgan fingerprint density at radius 1 is 1.67 bits per heavy atom. The van der Waals surface area contributed by atoms with Gasteiger partial charge in [-0.2, -0.15) is 0 Å². The van der Waals surface area contributed by atoms with Crippen LogP contribution in [0.1, 0.15) is 6.42 Å². The highest BCUT2D eigenvalue weighted by molar-refractivity contribution is 7.99. The van der Waals surface area contributed by atoms with Crippen LogP contribution in [0, 0.1) is 5.92 Å². The molecular weight excluding hydrogens is 172 g/mol. The Morgan fingerprint density at radius 3 is 3.17 bits per heavy atom. The maximum absolute atomic E-state index is 5.10. The molecule has 66 valence electrons. The fourth-order valence-corrected chi connectivity index (χ4v) is 2.03. The van der Waals surface area contributed by atoms with E-state index in [1.165, 1.54) is 19.5 Å². The second-order valence-corrected chi connectivity index (χ2v) is 4.01. The van der Waals surface area contributed by atoms with Gasteiger partial charge in [-0.15, -0.1) is 0 Å². The summed E-state index contributed by atoms with van der Waals surface area (Å²) in [4.78, 5) is 4.04. The molecule has 0 radical (unpaired) electrons. The first-order chi connectivity index (χ1) is 5.95. The van der Waals surface area contributed by atoms with Crippen molar-refractivity contribution in [2.45, 2.75) is 11.6 Å². The van der Waals surface area contributed by atoms with Crippen LogP contribution in [0.25, 0.3) is 0 Å². The fraction of sp³-hybridized carbons (Fsp3) is 0.625. The molecule has 0 aliphatic carbocycles. The van der Waals surface area contributed by atoms with Crippen LogP contribution in [0.4, 0.5) is 0 Å². The molecular formula is C8H12N2OS. The van der Waals surface area contributed by atoms with E-state index in [9.17, 15) is 0 Å². The molecule has 1 aromatic rings. The van der Waals surface area contributed by atoms with Crippen molar-refractivity contribution in [3.63, 3.8) is 0 Å². The van der Waals surface area contributed by atoms with Crippen molar-refractivity contribution in [2.24, 2.45) is 5.92 Å². The van der Waals surface area contributed by atoms with Crippen LogP contribution in [0.5, 0.6) is 0 Å². The predicted octanol–water partition coefficient (Wildman–Crippen LogP) is 1.38. The lowest BCUT2D eigenvalue weighted by molar-refractivity contribution is 0.340. The lowest BCUT2D eigenvalue weighted by Crippen LogP contribution is -2.42. The second kappa shape index (κ2) is 3.96. The number of rotatable bonds is 4. The normalized spacial score (nSPS) is 17.7. The summed E-state index contributed by atoms with van der Waals surface area (Å²) in [6, 6.07) is 0. The molecule has 12 heavy (non-hydrogen) atoms. The van der Waals surface area contributed by atoms with Gasteiger partial charge in [-0.25, -0.2) is 4.98 Å². The van der Waals surface area contributed by atoms with Crippen molar-refractivity contribution in [2.75, 3.05) is 18.8 Å². The summed E-state index contributed by atoms with van der Waals surface area (Å²) in [6.45, 7) is 2.37. The van der Waals surface area contributed by atoms with Crippen molar-refractivity contribution >= 4 is 11.8 Å². The maximum Gasteiger partial charge on any atom is 0.255 e. The van der Waals surface area contributed by atoms with E-state index in [0.717, 1.165) is 16.9 Å². The van der Waals surface area contributed by atoms with Gasteiger partial charge in [-0.1, -0.05) is 11.8 Å². The van der Waals surface area contributed by atoms with Gasteiger partial charge >= 0.3 is 0 Å². The minimum Gasteiger partial charge on any atom is -0.440 e. The minimum absolute atomic E-state index is 0.794. The van der Waals surface area contributed by atoms with Gasteiger partial charge in [-0.3, -0.25) is 0 Å². The van der Waals surface area contributed by atoms with E-state index in [1.54, 1.807) is 24.2 Å². The summed E-state index contributed by atoms with van der Waals surface area (Å²) in [5, 5.41) is 4.05. The second-order valence-electron chi connectivity index (χ2n) is 2.96. The minimum atomic E-state index is 0.794. The number of nitrogens with one attached hydrogen (secondary N) is 1. The van der Waals surface area contributed by atoms with Crippen LogP contribution >= 0.6 is 11.8 Å². The lowest BCUT2D eigenvalue weighted by atomic mass is 10.0. The molecule has 1 saturated heterocycles. The van der Waals surface area contributed by atoms with Crippen molar-refractivity contribution in [3.05, 3.63) is 12.5 Å². The van der Waals surface area contributed by atoms with Crippen molar-refractivity contribution in [3.8, 4) is 0 Å². The third-order valence-electron chi connectivity index (χ3n) is 2.03. The number of oxazole rings is 1. The molecule has 1 aliphatic rings. The van der Waals surface area contributed by atoms with Crippen molar-refractivity contribution < 1.29 is 4.42 Å². The highest BCUT2D eigenvalue weighted by Crippen LogP contribution is 2.19. The summed E-state index contributed by atoms with van der Waals surface area (Å²) < 4.78 is 5.10. The molecule has 3 nitrogen and oxygen atoms in total. The topological polar surface area (TPSA) is 38.1 Å². The van der Waals surface area contributed by atoms with Crippen LogP contribution in [0.3, 0.4) is 0 Å². The van der Waals surface area contributed by atoms with Crippen molar-refractivity contribution in [1.29, 1.82) is 0 Å². The Kier molecular flexibility index (Phi) is 2.68. The molecule has 1 N–H and O–H groups in total. The zero-order valence-electron chi connectivity index (χ0n) is 6.82. The van der Waals surface area contributed by atoms with Gasteiger partial charge in [0, 0.05) is 5.75 Å². The maximum atomic E-state index is 5.10. The van der Waals surface area contributed by atoms with Gasteiger partial charge in [0.05, 0.1) is 6.20 Å². The smallest absolute Gasteiger partial charge is 0.255 e. The van der Waals surface area contributed by atoms with Gasteiger partial charge in [0.15, 0.2) is 0 Å². The van der Waals surface area contributed by atoms with Gasteiger partial charge < -0.3 is 9.73 Å². The quantitative estimate of drug-likeness (QED) is 0.717. The van der Waals surface area contributed by atoms with Crippen LogP contribution in [0.2, 0.25) is 0 Å². The summed E-state index contributed by atoms with van der Waals surface area (Å²) >= 11 is 1.70. The highest BCUT2D eigenvalue weighted by atomic mass is 32.2. The molecule has 1 aromatic heterocycles. The molecule has 2 rings (SSSR count). The van der Waals surface area contributed by atoms with Crippen LogP contribution in [0.15, 0.2) is 22.1 Å². The molecule has 1 aliphatic heterocycles. The molecule has 0 saturated carbocycles. The first-order valence-electron chi connectivity index (χ1n) is 4.18. The molecule has 0 spiro atoms. The standard InChI is InChI=1S/C8H12N2OS/c1(7-5-9-6-7)4-12-8-10-2-3-11-8/h2-3,7,9H,1,4-6H2. The average molecular weight is 184 g/mol. The number of nitrogens with zero attached hydrogens (tertiary/aromatic N) is 1. The van der Waals surface area contributed by atoms with E-state index in [-0.39, 0.29) is 0 Å². The molecule has 0 atom stereocenters. The first kappa shape index (κ1) is 8.13. The zero-order valence-corrected chi connectivity index (χ0v) is 7.64. The van der Waals surface area contributed by atoms with Crippen LogP contribution in [-0.2, 0) is 0 Å². The number of hydrogen-bond acceptors (Lipinski definition) is 4. The molecule has 0 amide bonds. The third kappa shape index (κ3) is 2.01. The van der Waals surface area contributed by atoms with Crippen LogP contribution in [-0.4, -0.2) is 23.8 Å². The van der Waals surface area contributed by atoms with E-state index in [1.807, 2.05) is 0 Å². The van der Waals surface area contributed by atoms with Crippen LogP contribution < -0.4 is 5.32 Å². The van der Waals surface area contributed by atoms with E-state index in [2.05, 4.69) is 10.3 Å². The highest BCUT2D eigenvalue weighted by Gasteiger charge is 2.15. The molecule has 1 fully saturated rings. The Labute approximate surface area is 75.9 Å². The summed E-state index contributed by atoms with van der Waals surface area (Å²) in [5.74, 6) is 2.00. The van der Waals surface area contributed by atoms with Gasteiger partial charge in [0.1, 0.15) is 6.26 Å². The number of hydrogen-bond donors (Lipinski definition) is 1. The Bertz CT molecular complexity index is 221. The van der Waals surface area contributed by atoms with Gasteiger partial charge in [-0.05, 0) is 25.4 Å².